The molecule has 0 aliphatic heterocycles. The normalized spacial score (nSPS) is 11.3. The van der Waals surface area contributed by atoms with E-state index in [0.29, 0.717) is 0 Å². The number of rotatable bonds is 6. The molecule has 0 heterocycles. The summed E-state index contributed by atoms with van der Waals surface area (Å²) in [6.07, 6.45) is 0. The largest absolute Gasteiger partial charge is 0.465 e. The summed E-state index contributed by atoms with van der Waals surface area (Å²) < 4.78 is 20.3. The average molecular weight is 499 g/mol. The second-order valence-corrected chi connectivity index (χ2v) is 9.80. The van der Waals surface area contributed by atoms with Crippen molar-refractivity contribution in [2.45, 2.75) is 52.7 Å². The number of esters is 4. The fraction of sp³-hybridized carbons (Fsp3) is 0.370. The van der Waals surface area contributed by atoms with Gasteiger partial charge in [-0.2, -0.15) is 0 Å². The van der Waals surface area contributed by atoms with Crippen molar-refractivity contribution in [2.24, 2.45) is 0 Å². The van der Waals surface area contributed by atoms with E-state index in [0.717, 1.165) is 14.2 Å². The number of methoxy groups -OCH3 is 2. The lowest BCUT2D eigenvalue weighted by Crippen LogP contribution is -2.27. The number of carbonyl (C=O) groups excluding carboxylic acids is 5. The van der Waals surface area contributed by atoms with Gasteiger partial charge in [0, 0.05) is 11.1 Å². The Labute approximate surface area is 209 Å². The van der Waals surface area contributed by atoms with Crippen molar-refractivity contribution in [3.8, 4) is 0 Å². The highest BCUT2D eigenvalue weighted by atomic mass is 16.6. The fourth-order valence-corrected chi connectivity index (χ4v) is 3.17. The summed E-state index contributed by atoms with van der Waals surface area (Å²) in [6.45, 7) is 10.1. The van der Waals surface area contributed by atoms with Crippen molar-refractivity contribution in [3.05, 3.63) is 69.8 Å². The lowest BCUT2D eigenvalue weighted by molar-refractivity contribution is 0.00553. The van der Waals surface area contributed by atoms with Gasteiger partial charge in [0.25, 0.3) is 0 Å². The quantitative estimate of drug-likeness (QED) is 0.324. The van der Waals surface area contributed by atoms with Gasteiger partial charge in [0.1, 0.15) is 11.2 Å². The van der Waals surface area contributed by atoms with Crippen molar-refractivity contribution in [3.63, 3.8) is 0 Å². The maximum atomic E-state index is 13.4. The molecule has 36 heavy (non-hydrogen) atoms. The molecule has 0 atom stereocenters. The highest BCUT2D eigenvalue weighted by Gasteiger charge is 2.33. The molecular formula is C27H30O9. The molecule has 0 aliphatic rings. The maximum absolute atomic E-state index is 13.4. The van der Waals surface area contributed by atoms with Gasteiger partial charge in [-0.3, -0.25) is 4.79 Å². The van der Waals surface area contributed by atoms with Crippen LogP contribution < -0.4 is 0 Å². The van der Waals surface area contributed by atoms with Gasteiger partial charge in [-0.05, 0) is 65.8 Å². The molecule has 192 valence electrons. The number of hydrogen-bond acceptors (Lipinski definition) is 9. The third-order valence-corrected chi connectivity index (χ3v) is 4.63. The lowest BCUT2D eigenvalue weighted by Gasteiger charge is -2.21. The minimum absolute atomic E-state index is 0.119. The minimum Gasteiger partial charge on any atom is -0.465 e. The molecule has 2 aromatic rings. The summed E-state index contributed by atoms with van der Waals surface area (Å²) in [6, 6.07) is 8.06. The van der Waals surface area contributed by atoms with Gasteiger partial charge in [-0.1, -0.05) is 12.1 Å². The molecule has 2 aromatic carbocycles. The Hall–Kier alpha value is -4.01. The zero-order valence-electron chi connectivity index (χ0n) is 21.6. The van der Waals surface area contributed by atoms with E-state index in [2.05, 4.69) is 0 Å². The minimum atomic E-state index is -1.02. The van der Waals surface area contributed by atoms with E-state index < -0.39 is 52.0 Å². The number of ether oxygens (including phenoxy) is 4. The first kappa shape index (κ1) is 28.2. The number of ketones is 1. The molecule has 0 saturated carbocycles. The van der Waals surface area contributed by atoms with E-state index in [1.807, 2.05) is 0 Å². The predicted octanol–water partition coefficient (Wildman–Crippen LogP) is 4.40. The highest BCUT2D eigenvalue weighted by Crippen LogP contribution is 2.26. The monoisotopic (exact) mass is 498 g/mol. The summed E-state index contributed by atoms with van der Waals surface area (Å²) in [7, 11) is 2.15. The lowest BCUT2D eigenvalue weighted by atomic mass is 9.91. The van der Waals surface area contributed by atoms with E-state index in [4.69, 9.17) is 18.9 Å². The van der Waals surface area contributed by atoms with Gasteiger partial charge in [0.15, 0.2) is 5.78 Å². The Morgan fingerprint density at radius 1 is 0.528 bits per heavy atom. The Kier molecular flexibility index (Phi) is 8.41. The van der Waals surface area contributed by atoms with E-state index in [-0.39, 0.29) is 22.3 Å². The van der Waals surface area contributed by atoms with E-state index >= 15 is 0 Å². The third-order valence-electron chi connectivity index (χ3n) is 4.63. The molecule has 0 unspecified atom stereocenters. The molecule has 0 saturated heterocycles. The van der Waals surface area contributed by atoms with Crippen LogP contribution in [-0.2, 0) is 18.9 Å². The van der Waals surface area contributed by atoms with E-state index in [1.165, 1.54) is 36.4 Å². The Balaban J connectivity index is 2.63. The van der Waals surface area contributed by atoms with Crippen molar-refractivity contribution >= 4 is 29.7 Å². The van der Waals surface area contributed by atoms with Crippen LogP contribution in [0.25, 0.3) is 0 Å². The van der Waals surface area contributed by atoms with Crippen LogP contribution in [0.4, 0.5) is 0 Å². The van der Waals surface area contributed by atoms with Crippen LogP contribution in [0.1, 0.15) is 98.9 Å². The van der Waals surface area contributed by atoms with Crippen molar-refractivity contribution in [2.75, 3.05) is 14.2 Å². The molecule has 0 radical (unpaired) electrons. The van der Waals surface area contributed by atoms with Gasteiger partial charge in [0.05, 0.1) is 36.5 Å². The van der Waals surface area contributed by atoms with Gasteiger partial charge in [-0.25, -0.2) is 19.2 Å². The summed E-state index contributed by atoms with van der Waals surface area (Å²) >= 11 is 0. The Bertz CT molecular complexity index is 1190. The molecule has 0 aliphatic carbocycles. The molecule has 0 bridgehead atoms. The molecule has 0 spiro atoms. The van der Waals surface area contributed by atoms with Crippen LogP contribution in [0.15, 0.2) is 36.4 Å². The molecule has 0 aromatic heterocycles. The molecule has 2 rings (SSSR count). The zero-order chi connectivity index (χ0) is 27.4. The van der Waals surface area contributed by atoms with Gasteiger partial charge in [0.2, 0.25) is 0 Å². The number of benzene rings is 2. The van der Waals surface area contributed by atoms with Crippen molar-refractivity contribution in [1.82, 2.24) is 0 Å². The maximum Gasteiger partial charge on any atom is 0.339 e. The summed E-state index contributed by atoms with van der Waals surface area (Å²) in [4.78, 5) is 63.9. The SMILES string of the molecule is COC(=O)c1c(C(=O)OC(C)(C)C)ccc(C(=O)c2ccc(C(=O)OC(C)(C)C)cc2)c1C(=O)OC. The summed E-state index contributed by atoms with van der Waals surface area (Å²) in [5, 5.41) is 0. The Morgan fingerprint density at radius 2 is 0.917 bits per heavy atom. The van der Waals surface area contributed by atoms with Crippen LogP contribution >= 0.6 is 0 Å². The number of hydrogen-bond donors (Lipinski definition) is 0. The van der Waals surface area contributed by atoms with Gasteiger partial charge in [-0.15, -0.1) is 0 Å². The standard InChI is InChI=1S/C27H30O9/c1-26(2,3)35-22(29)16-11-9-15(10-12-16)21(28)17-13-14-18(23(30)36-27(4,5)6)20(25(32)34-8)19(17)24(31)33-7/h9-14H,1-8H3. The Morgan fingerprint density at radius 3 is 1.36 bits per heavy atom. The first-order valence-corrected chi connectivity index (χ1v) is 11.0. The van der Waals surface area contributed by atoms with E-state index in [1.54, 1.807) is 41.5 Å². The zero-order valence-corrected chi connectivity index (χ0v) is 21.6. The average Bonchev–Trinajstić information content (AvgIpc) is 2.79. The van der Waals surface area contributed by atoms with Crippen LogP contribution in [0, 0.1) is 0 Å². The van der Waals surface area contributed by atoms with E-state index in [9.17, 15) is 24.0 Å². The highest BCUT2D eigenvalue weighted by molar-refractivity contribution is 6.20. The fourth-order valence-electron chi connectivity index (χ4n) is 3.17. The molecule has 9 nitrogen and oxygen atoms in total. The molecule has 9 heteroatoms. The predicted molar refractivity (Wildman–Crippen MR) is 129 cm³/mol. The second kappa shape index (κ2) is 10.7. The smallest absolute Gasteiger partial charge is 0.339 e. The second-order valence-electron chi connectivity index (χ2n) is 9.80. The number of carbonyl (C=O) groups is 5. The van der Waals surface area contributed by atoms with Crippen LogP contribution in [0.2, 0.25) is 0 Å². The third kappa shape index (κ3) is 6.78. The van der Waals surface area contributed by atoms with Crippen LogP contribution in [0.3, 0.4) is 0 Å². The topological polar surface area (TPSA) is 122 Å². The van der Waals surface area contributed by atoms with Gasteiger partial charge < -0.3 is 18.9 Å². The van der Waals surface area contributed by atoms with Crippen molar-refractivity contribution in [1.29, 1.82) is 0 Å². The summed E-state index contributed by atoms with van der Waals surface area (Å²) in [5.74, 6) is -4.13. The molecule has 0 fully saturated rings. The van der Waals surface area contributed by atoms with Crippen molar-refractivity contribution < 1.29 is 42.9 Å². The van der Waals surface area contributed by atoms with Crippen LogP contribution in [0.5, 0.6) is 0 Å². The molecule has 0 N–H and O–H groups in total. The molecule has 0 amide bonds. The summed E-state index contributed by atoms with van der Waals surface area (Å²) in [5.41, 5.74) is -2.57. The van der Waals surface area contributed by atoms with Crippen LogP contribution in [-0.4, -0.2) is 55.1 Å². The first-order valence-electron chi connectivity index (χ1n) is 11.0. The molecular weight excluding hydrogens is 468 g/mol. The first-order chi connectivity index (χ1) is 16.6. The van der Waals surface area contributed by atoms with Gasteiger partial charge >= 0.3 is 23.9 Å².